The third-order valence-electron chi connectivity index (χ3n) is 4.34. The Labute approximate surface area is 194 Å². The first kappa shape index (κ1) is 23.0. The van der Waals surface area contributed by atoms with Crippen molar-refractivity contribution in [3.8, 4) is 17.2 Å². The largest absolute Gasteiger partial charge is 0.493 e. The van der Waals surface area contributed by atoms with Gasteiger partial charge in [-0.1, -0.05) is 24.8 Å². The maximum absolute atomic E-state index is 12.7. The number of carbonyl (C=O) groups excluding carboxylic acids is 2. The summed E-state index contributed by atoms with van der Waals surface area (Å²) in [7, 11) is 1.54. The van der Waals surface area contributed by atoms with Crippen molar-refractivity contribution in [1.82, 2.24) is 4.90 Å². The number of thioether (sulfide) groups is 1. The third kappa shape index (κ3) is 5.71. The number of nitrogens with zero attached hydrogens (tertiary/aromatic N) is 1. The molecule has 3 rings (SSSR count). The molecule has 8 heteroatoms. The fourth-order valence-electron chi connectivity index (χ4n) is 2.91. The molecule has 1 fully saturated rings. The molecule has 0 saturated carbocycles. The van der Waals surface area contributed by atoms with Crippen LogP contribution in [0.3, 0.4) is 0 Å². The number of imide groups is 1. The van der Waals surface area contributed by atoms with E-state index < -0.39 is 0 Å². The van der Waals surface area contributed by atoms with Crippen molar-refractivity contribution < 1.29 is 23.8 Å². The number of amides is 2. The quantitative estimate of drug-likeness (QED) is 0.335. The van der Waals surface area contributed by atoms with Gasteiger partial charge >= 0.3 is 0 Å². The van der Waals surface area contributed by atoms with Gasteiger partial charge in [0.2, 0.25) is 0 Å². The van der Waals surface area contributed by atoms with Gasteiger partial charge in [0, 0.05) is 0 Å². The van der Waals surface area contributed by atoms with Gasteiger partial charge in [-0.2, -0.15) is 0 Å². The molecule has 1 saturated heterocycles. The van der Waals surface area contributed by atoms with Crippen LogP contribution in [0.15, 0.2) is 58.4 Å². The van der Waals surface area contributed by atoms with Crippen molar-refractivity contribution in [2.24, 2.45) is 0 Å². The zero-order valence-electron chi connectivity index (χ0n) is 17.2. The fourth-order valence-corrected chi connectivity index (χ4v) is 4.35. The molecule has 0 aliphatic carbocycles. The Morgan fingerprint density at radius 3 is 2.71 bits per heavy atom. The second-order valence-electron chi connectivity index (χ2n) is 6.63. The molecule has 0 radical (unpaired) electrons. The van der Waals surface area contributed by atoms with Crippen molar-refractivity contribution in [2.75, 3.05) is 26.9 Å². The van der Waals surface area contributed by atoms with Crippen molar-refractivity contribution in [2.45, 2.75) is 6.92 Å². The number of methoxy groups -OCH3 is 1. The highest BCUT2D eigenvalue weighted by atomic mass is 79.9. The van der Waals surface area contributed by atoms with Gasteiger partial charge in [-0.3, -0.25) is 14.5 Å². The van der Waals surface area contributed by atoms with Crippen LogP contribution < -0.4 is 14.2 Å². The first-order valence-corrected chi connectivity index (χ1v) is 11.1. The van der Waals surface area contributed by atoms with E-state index in [2.05, 4.69) is 22.5 Å². The van der Waals surface area contributed by atoms with E-state index in [4.69, 9.17) is 14.2 Å². The van der Waals surface area contributed by atoms with E-state index in [0.717, 1.165) is 17.3 Å². The van der Waals surface area contributed by atoms with Crippen LogP contribution in [0, 0.1) is 6.92 Å². The summed E-state index contributed by atoms with van der Waals surface area (Å²) in [5, 5.41) is -0.318. The molecule has 2 amide bonds. The summed E-state index contributed by atoms with van der Waals surface area (Å²) in [6.07, 6.45) is 3.30. The zero-order chi connectivity index (χ0) is 22.4. The van der Waals surface area contributed by atoms with Crippen molar-refractivity contribution in [3.05, 3.63) is 69.6 Å². The second-order valence-corrected chi connectivity index (χ2v) is 8.48. The smallest absolute Gasteiger partial charge is 0.293 e. The second kappa shape index (κ2) is 10.5. The van der Waals surface area contributed by atoms with Crippen LogP contribution >= 0.6 is 27.7 Å². The van der Waals surface area contributed by atoms with Crippen LogP contribution in [0.5, 0.6) is 17.2 Å². The van der Waals surface area contributed by atoms with Gasteiger partial charge in [0.1, 0.15) is 19.0 Å². The van der Waals surface area contributed by atoms with Crippen molar-refractivity contribution >= 4 is 44.9 Å². The molecular formula is C23H22BrNO5S. The van der Waals surface area contributed by atoms with Crippen molar-refractivity contribution in [1.29, 1.82) is 0 Å². The number of aryl methyl sites for hydroxylation is 1. The number of hydrogen-bond donors (Lipinski definition) is 0. The Bertz CT molecular complexity index is 1040. The number of rotatable bonds is 9. The monoisotopic (exact) mass is 503 g/mol. The maximum atomic E-state index is 12.7. The van der Waals surface area contributed by atoms with Crippen molar-refractivity contribution in [3.63, 3.8) is 0 Å². The molecule has 1 heterocycles. The van der Waals surface area contributed by atoms with Gasteiger partial charge in [0.25, 0.3) is 11.1 Å². The van der Waals surface area contributed by atoms with Gasteiger partial charge in [0.15, 0.2) is 11.5 Å². The van der Waals surface area contributed by atoms with Crippen LogP contribution in [0.25, 0.3) is 6.08 Å². The highest BCUT2D eigenvalue weighted by Crippen LogP contribution is 2.39. The van der Waals surface area contributed by atoms with Crippen LogP contribution in [0.1, 0.15) is 11.1 Å². The summed E-state index contributed by atoms with van der Waals surface area (Å²) in [6.45, 7) is 6.34. The summed E-state index contributed by atoms with van der Waals surface area (Å²) in [6, 6.07) is 11.2. The van der Waals surface area contributed by atoms with E-state index in [-0.39, 0.29) is 24.3 Å². The Morgan fingerprint density at radius 2 is 2.00 bits per heavy atom. The van der Waals surface area contributed by atoms with E-state index in [9.17, 15) is 9.59 Å². The lowest BCUT2D eigenvalue weighted by Crippen LogP contribution is -2.32. The Balaban J connectivity index is 1.70. The van der Waals surface area contributed by atoms with E-state index in [1.807, 2.05) is 31.2 Å². The van der Waals surface area contributed by atoms with E-state index in [0.29, 0.717) is 38.8 Å². The van der Waals surface area contributed by atoms with Crippen LogP contribution in [0.2, 0.25) is 0 Å². The summed E-state index contributed by atoms with van der Waals surface area (Å²) in [5.74, 6) is 1.41. The lowest BCUT2D eigenvalue weighted by molar-refractivity contribution is -0.123. The maximum Gasteiger partial charge on any atom is 0.293 e. The SMILES string of the molecule is C=CCOc1c(Br)cc(/C=C2\SC(=O)N(CCOc3cccc(C)c3)C2=O)cc1OC. The molecule has 162 valence electrons. The molecule has 0 bridgehead atoms. The van der Waals surface area contributed by atoms with Gasteiger partial charge < -0.3 is 14.2 Å². The molecule has 0 unspecified atom stereocenters. The molecular weight excluding hydrogens is 482 g/mol. The van der Waals surface area contributed by atoms with Crippen LogP contribution in [-0.2, 0) is 4.79 Å². The Morgan fingerprint density at radius 1 is 1.19 bits per heavy atom. The standard InChI is InChI=1S/C23H22BrNO5S/c1-4-9-30-21-18(24)12-16(13-19(21)28-3)14-20-22(26)25(23(27)31-20)8-10-29-17-7-5-6-15(2)11-17/h4-7,11-14H,1,8-10H2,2-3H3/b20-14-. The molecule has 0 atom stereocenters. The lowest BCUT2D eigenvalue weighted by Gasteiger charge is -2.13. The highest BCUT2D eigenvalue weighted by Gasteiger charge is 2.34. The number of ether oxygens (including phenoxy) is 3. The van der Waals surface area contributed by atoms with E-state index in [1.165, 1.54) is 12.0 Å². The van der Waals surface area contributed by atoms with E-state index in [1.54, 1.807) is 24.3 Å². The van der Waals surface area contributed by atoms with E-state index >= 15 is 0 Å². The number of carbonyl (C=O) groups is 2. The highest BCUT2D eigenvalue weighted by molar-refractivity contribution is 9.10. The average Bonchev–Trinajstić information content (AvgIpc) is 3.00. The minimum absolute atomic E-state index is 0.178. The van der Waals surface area contributed by atoms with Gasteiger partial charge in [-0.15, -0.1) is 0 Å². The minimum Gasteiger partial charge on any atom is -0.493 e. The van der Waals surface area contributed by atoms with Gasteiger partial charge in [0.05, 0.1) is 23.0 Å². The summed E-state index contributed by atoms with van der Waals surface area (Å²) < 4.78 is 17.4. The molecule has 1 aliphatic rings. The average molecular weight is 504 g/mol. The Kier molecular flexibility index (Phi) is 7.81. The molecule has 2 aromatic carbocycles. The number of halogens is 1. The van der Waals surface area contributed by atoms with Gasteiger partial charge in [-0.05, 0) is 76.1 Å². The minimum atomic E-state index is -0.343. The molecule has 0 spiro atoms. The molecule has 31 heavy (non-hydrogen) atoms. The first-order chi connectivity index (χ1) is 14.9. The predicted molar refractivity (Wildman–Crippen MR) is 126 cm³/mol. The zero-order valence-corrected chi connectivity index (χ0v) is 19.6. The predicted octanol–water partition coefficient (Wildman–Crippen LogP) is 5.45. The molecule has 1 aliphatic heterocycles. The fraction of sp³-hybridized carbons (Fsp3) is 0.217. The third-order valence-corrected chi connectivity index (χ3v) is 5.84. The topological polar surface area (TPSA) is 65.1 Å². The molecule has 2 aromatic rings. The van der Waals surface area contributed by atoms with Crippen LogP contribution in [-0.4, -0.2) is 42.9 Å². The lowest BCUT2D eigenvalue weighted by atomic mass is 10.2. The first-order valence-electron chi connectivity index (χ1n) is 9.49. The molecule has 0 aromatic heterocycles. The normalized spacial score (nSPS) is 14.8. The summed E-state index contributed by atoms with van der Waals surface area (Å²) >= 11 is 4.37. The Hall–Kier alpha value is -2.71. The number of benzene rings is 2. The van der Waals surface area contributed by atoms with Gasteiger partial charge in [-0.25, -0.2) is 0 Å². The van der Waals surface area contributed by atoms with Crippen LogP contribution in [0.4, 0.5) is 4.79 Å². The number of hydrogen-bond acceptors (Lipinski definition) is 6. The molecule has 6 nitrogen and oxygen atoms in total. The summed E-state index contributed by atoms with van der Waals surface area (Å²) in [5.41, 5.74) is 1.78. The summed E-state index contributed by atoms with van der Waals surface area (Å²) in [4.78, 5) is 26.6. The molecule has 0 N–H and O–H groups in total.